The predicted molar refractivity (Wildman–Crippen MR) is 62.9 cm³/mol. The summed E-state index contributed by atoms with van der Waals surface area (Å²) in [5.41, 5.74) is 0. The number of amides is 2. The van der Waals surface area contributed by atoms with E-state index in [1.807, 2.05) is 0 Å². The number of likely N-dealkylation sites (N-methyl/N-ethyl adjacent to an activating group) is 1. The van der Waals surface area contributed by atoms with Crippen molar-refractivity contribution in [2.45, 2.75) is 6.92 Å². The number of thioether (sulfide) groups is 1. The minimum atomic E-state index is -0.275. The number of hydrogen-bond acceptors (Lipinski definition) is 5. The van der Waals surface area contributed by atoms with E-state index in [1.54, 1.807) is 6.20 Å². The summed E-state index contributed by atoms with van der Waals surface area (Å²) >= 11 is 0.980. The molecule has 2 rings (SSSR count). The highest BCUT2D eigenvalue weighted by atomic mass is 32.2. The maximum absolute atomic E-state index is 11.3. The van der Waals surface area contributed by atoms with E-state index in [1.165, 1.54) is 0 Å². The molecule has 2 saturated heterocycles. The van der Waals surface area contributed by atoms with Crippen molar-refractivity contribution in [3.05, 3.63) is 11.1 Å². The molecule has 2 aliphatic rings. The van der Waals surface area contributed by atoms with Crippen LogP contribution in [0.5, 0.6) is 0 Å². The molecule has 0 spiro atoms. The lowest BCUT2D eigenvalue weighted by molar-refractivity contribution is -0.115. The molecule has 0 radical (unpaired) electrons. The number of rotatable bonds is 2. The number of nitrogens with zero attached hydrogens (tertiary/aromatic N) is 2. The minimum absolute atomic E-state index is 0.270. The van der Waals surface area contributed by atoms with E-state index in [4.69, 9.17) is 0 Å². The molecule has 16 heavy (non-hydrogen) atoms. The van der Waals surface area contributed by atoms with Crippen LogP contribution < -0.4 is 5.32 Å². The summed E-state index contributed by atoms with van der Waals surface area (Å²) in [7, 11) is 0. The quantitative estimate of drug-likeness (QED) is 0.711. The van der Waals surface area contributed by atoms with E-state index in [0.29, 0.717) is 4.91 Å². The lowest BCUT2D eigenvalue weighted by Crippen LogP contribution is -2.43. The van der Waals surface area contributed by atoms with Crippen LogP contribution in [0.4, 0.5) is 4.79 Å². The second kappa shape index (κ2) is 4.88. The lowest BCUT2D eigenvalue weighted by Gasteiger charge is -2.33. The van der Waals surface area contributed by atoms with E-state index in [-0.39, 0.29) is 11.1 Å². The zero-order chi connectivity index (χ0) is 11.5. The van der Waals surface area contributed by atoms with Crippen molar-refractivity contribution < 1.29 is 9.59 Å². The zero-order valence-electron chi connectivity index (χ0n) is 9.23. The molecule has 0 aromatic rings. The number of carbonyl (C=O) groups is 2. The minimum Gasteiger partial charge on any atom is -0.374 e. The first-order valence-electron chi connectivity index (χ1n) is 5.40. The third-order valence-corrected chi connectivity index (χ3v) is 3.59. The number of nitrogens with one attached hydrogen (secondary N) is 1. The second-order valence-electron chi connectivity index (χ2n) is 3.81. The highest BCUT2D eigenvalue weighted by molar-refractivity contribution is 8.18. The Kier molecular flexibility index (Phi) is 3.50. The van der Waals surface area contributed by atoms with Crippen LogP contribution in [-0.4, -0.2) is 53.7 Å². The van der Waals surface area contributed by atoms with Gasteiger partial charge in [-0.2, -0.15) is 0 Å². The zero-order valence-corrected chi connectivity index (χ0v) is 10.0. The van der Waals surface area contributed by atoms with Gasteiger partial charge in [0.15, 0.2) is 0 Å². The summed E-state index contributed by atoms with van der Waals surface area (Å²) in [6.07, 6.45) is 1.80. The average Bonchev–Trinajstić information content (AvgIpc) is 2.59. The van der Waals surface area contributed by atoms with Crippen molar-refractivity contribution in [3.63, 3.8) is 0 Å². The molecule has 6 heteroatoms. The Labute approximate surface area is 98.8 Å². The molecule has 0 atom stereocenters. The van der Waals surface area contributed by atoms with Crippen LogP contribution in [0.2, 0.25) is 0 Å². The topological polar surface area (TPSA) is 52.6 Å². The molecule has 88 valence electrons. The fourth-order valence-corrected chi connectivity index (χ4v) is 2.47. The van der Waals surface area contributed by atoms with Crippen molar-refractivity contribution >= 4 is 22.9 Å². The molecule has 2 heterocycles. The molecule has 0 aromatic heterocycles. The normalized spacial score (nSPS) is 25.3. The average molecular weight is 241 g/mol. The third-order valence-electron chi connectivity index (χ3n) is 2.80. The predicted octanol–water partition coefficient (Wildman–Crippen LogP) is 0.448. The van der Waals surface area contributed by atoms with Gasteiger partial charge in [-0.25, -0.2) is 0 Å². The van der Waals surface area contributed by atoms with Crippen LogP contribution in [0.3, 0.4) is 0 Å². The molecule has 0 saturated carbocycles. The number of carbonyl (C=O) groups excluding carboxylic acids is 2. The first-order chi connectivity index (χ1) is 7.69. The van der Waals surface area contributed by atoms with E-state index >= 15 is 0 Å². The van der Waals surface area contributed by atoms with Gasteiger partial charge >= 0.3 is 0 Å². The molecular formula is C10H15N3O2S. The molecular weight excluding hydrogens is 226 g/mol. The van der Waals surface area contributed by atoms with Crippen molar-refractivity contribution in [1.29, 1.82) is 0 Å². The van der Waals surface area contributed by atoms with E-state index in [2.05, 4.69) is 22.0 Å². The SMILES string of the molecule is CCN1CCN(/C=C2\SC(=O)NC2=O)CC1. The lowest BCUT2D eigenvalue weighted by atomic mass is 10.3. The first-order valence-corrected chi connectivity index (χ1v) is 6.22. The van der Waals surface area contributed by atoms with Crippen molar-refractivity contribution in [2.24, 2.45) is 0 Å². The summed E-state index contributed by atoms with van der Waals surface area (Å²) in [5, 5.41) is 1.98. The van der Waals surface area contributed by atoms with E-state index in [9.17, 15) is 9.59 Å². The van der Waals surface area contributed by atoms with Gasteiger partial charge in [0.2, 0.25) is 0 Å². The van der Waals surface area contributed by atoms with Crippen LogP contribution in [0.15, 0.2) is 11.1 Å². The summed E-state index contributed by atoms with van der Waals surface area (Å²) in [6.45, 7) is 7.07. The Morgan fingerprint density at radius 2 is 2.00 bits per heavy atom. The largest absolute Gasteiger partial charge is 0.374 e. The van der Waals surface area contributed by atoms with Gasteiger partial charge in [0.1, 0.15) is 0 Å². The van der Waals surface area contributed by atoms with Gasteiger partial charge in [-0.15, -0.1) is 0 Å². The maximum atomic E-state index is 11.3. The Morgan fingerprint density at radius 3 is 2.50 bits per heavy atom. The first kappa shape index (κ1) is 11.5. The molecule has 0 aromatic carbocycles. The smallest absolute Gasteiger partial charge is 0.290 e. The van der Waals surface area contributed by atoms with Crippen molar-refractivity contribution in [3.8, 4) is 0 Å². The molecule has 0 aliphatic carbocycles. The Balaban J connectivity index is 1.93. The molecule has 2 fully saturated rings. The molecule has 0 unspecified atom stereocenters. The highest BCUT2D eigenvalue weighted by Gasteiger charge is 2.26. The van der Waals surface area contributed by atoms with Gasteiger partial charge in [-0.05, 0) is 18.3 Å². The van der Waals surface area contributed by atoms with Crippen molar-refractivity contribution in [2.75, 3.05) is 32.7 Å². The van der Waals surface area contributed by atoms with E-state index < -0.39 is 0 Å². The molecule has 0 bridgehead atoms. The van der Waals surface area contributed by atoms with Gasteiger partial charge in [-0.3, -0.25) is 14.9 Å². The van der Waals surface area contributed by atoms with Gasteiger partial charge < -0.3 is 9.80 Å². The summed E-state index contributed by atoms with van der Waals surface area (Å²) in [4.78, 5) is 27.3. The fraction of sp³-hybridized carbons (Fsp3) is 0.600. The van der Waals surface area contributed by atoms with Gasteiger partial charge in [-0.1, -0.05) is 6.92 Å². The Hall–Kier alpha value is -1.01. The number of hydrogen-bond donors (Lipinski definition) is 1. The van der Waals surface area contributed by atoms with Crippen LogP contribution >= 0.6 is 11.8 Å². The number of piperazine rings is 1. The van der Waals surface area contributed by atoms with Crippen LogP contribution in [0.25, 0.3) is 0 Å². The number of imide groups is 1. The van der Waals surface area contributed by atoms with Gasteiger partial charge in [0.05, 0.1) is 4.91 Å². The fourth-order valence-electron chi connectivity index (χ4n) is 1.79. The van der Waals surface area contributed by atoms with Gasteiger partial charge in [0.25, 0.3) is 11.1 Å². The van der Waals surface area contributed by atoms with Crippen LogP contribution in [0.1, 0.15) is 6.92 Å². The standard InChI is InChI=1S/C10H15N3O2S/c1-2-12-3-5-13(6-4-12)7-8-9(14)11-10(15)16-8/h7H,2-6H2,1H3,(H,11,14,15)/b8-7-. The monoisotopic (exact) mass is 241 g/mol. The highest BCUT2D eigenvalue weighted by Crippen LogP contribution is 2.23. The molecule has 2 amide bonds. The Morgan fingerprint density at radius 1 is 1.31 bits per heavy atom. The van der Waals surface area contributed by atoms with Gasteiger partial charge in [0, 0.05) is 32.4 Å². The van der Waals surface area contributed by atoms with Crippen LogP contribution in [0, 0.1) is 0 Å². The molecule has 1 N–H and O–H groups in total. The second-order valence-corrected chi connectivity index (χ2v) is 4.82. The summed E-state index contributed by atoms with van der Waals surface area (Å²) in [6, 6.07) is 0. The third kappa shape index (κ3) is 2.56. The molecule has 5 nitrogen and oxygen atoms in total. The van der Waals surface area contributed by atoms with Crippen LogP contribution in [-0.2, 0) is 4.79 Å². The maximum Gasteiger partial charge on any atom is 0.290 e. The molecule has 2 aliphatic heterocycles. The summed E-state index contributed by atoms with van der Waals surface area (Å²) < 4.78 is 0. The summed E-state index contributed by atoms with van der Waals surface area (Å²) in [5.74, 6) is -0.270. The van der Waals surface area contributed by atoms with E-state index in [0.717, 1.165) is 44.5 Å². The van der Waals surface area contributed by atoms with Crippen molar-refractivity contribution in [1.82, 2.24) is 15.1 Å². The Bertz CT molecular complexity index is 335.